The number of rotatable bonds is 11. The van der Waals surface area contributed by atoms with Gasteiger partial charge in [0.25, 0.3) is 0 Å². The molecule has 0 radical (unpaired) electrons. The summed E-state index contributed by atoms with van der Waals surface area (Å²) in [5.74, 6) is 1.52. The molecule has 1 aliphatic carbocycles. The molecule has 1 amide bonds. The Kier molecular flexibility index (Phi) is 9.43. The minimum Gasteiger partial charge on any atom is -0.391 e. The van der Waals surface area contributed by atoms with Gasteiger partial charge >= 0.3 is 0 Å². The maximum Gasteiger partial charge on any atom is 0.239 e. The smallest absolute Gasteiger partial charge is 0.239 e. The van der Waals surface area contributed by atoms with E-state index in [1.807, 2.05) is 49.4 Å². The fourth-order valence-electron chi connectivity index (χ4n) is 5.09. The summed E-state index contributed by atoms with van der Waals surface area (Å²) in [6.45, 7) is 6.41. The van der Waals surface area contributed by atoms with Crippen LogP contribution in [0.2, 0.25) is 0 Å². The molecule has 3 unspecified atom stereocenters. The lowest BCUT2D eigenvalue weighted by Crippen LogP contribution is -2.53. The standard InChI is InChI=1S/C26H38N2O4S2.2H2/c1-5-23(25(29)15-21-13-17(2)12-18(21)3)27-26(30)24(28-34(4,31)32)16-33-22-11-10-19-8-6-7-9-20(19)14-22;;/h6-11,14,17-18,21,23-25,28-29H,5,12-13,15-16H2,1-4H3,(H,27,30);2*1H/t17?,18?,21?,23-,24+,25+;;/m0../s1. The van der Waals surface area contributed by atoms with E-state index in [4.69, 9.17) is 0 Å². The zero-order valence-corrected chi connectivity index (χ0v) is 22.2. The van der Waals surface area contributed by atoms with Gasteiger partial charge in [-0.1, -0.05) is 51.1 Å². The van der Waals surface area contributed by atoms with Crippen molar-refractivity contribution in [1.82, 2.24) is 10.0 Å². The van der Waals surface area contributed by atoms with Crippen molar-refractivity contribution in [2.24, 2.45) is 17.8 Å². The number of aliphatic hydroxyl groups excluding tert-OH is 1. The van der Waals surface area contributed by atoms with Gasteiger partial charge in [0, 0.05) is 13.5 Å². The second-order valence-corrected chi connectivity index (χ2v) is 12.8. The van der Waals surface area contributed by atoms with Gasteiger partial charge in [0.15, 0.2) is 0 Å². The van der Waals surface area contributed by atoms with Crippen molar-refractivity contribution in [3.05, 3.63) is 42.5 Å². The predicted octanol–water partition coefficient (Wildman–Crippen LogP) is 4.67. The van der Waals surface area contributed by atoms with Gasteiger partial charge in [-0.25, -0.2) is 13.1 Å². The maximum atomic E-state index is 13.1. The Morgan fingerprint density at radius 2 is 1.88 bits per heavy atom. The first kappa shape index (κ1) is 27.0. The molecule has 34 heavy (non-hydrogen) atoms. The van der Waals surface area contributed by atoms with E-state index >= 15 is 0 Å². The Bertz CT molecular complexity index is 1090. The molecule has 192 valence electrons. The molecule has 6 nitrogen and oxygen atoms in total. The number of carbonyl (C=O) groups excluding carboxylic acids is 1. The van der Waals surface area contributed by atoms with Crippen LogP contribution in [0.15, 0.2) is 47.4 Å². The van der Waals surface area contributed by atoms with E-state index in [9.17, 15) is 18.3 Å². The van der Waals surface area contributed by atoms with Crippen molar-refractivity contribution < 1.29 is 21.2 Å². The van der Waals surface area contributed by atoms with Gasteiger partial charge in [-0.15, -0.1) is 11.8 Å². The minimum absolute atomic E-state index is 0. The van der Waals surface area contributed by atoms with Crippen molar-refractivity contribution in [1.29, 1.82) is 0 Å². The van der Waals surface area contributed by atoms with Crippen LogP contribution < -0.4 is 10.0 Å². The minimum atomic E-state index is -3.59. The summed E-state index contributed by atoms with van der Waals surface area (Å²) in [6, 6.07) is 12.7. The molecule has 0 heterocycles. The van der Waals surface area contributed by atoms with E-state index in [1.54, 1.807) is 0 Å². The lowest BCUT2D eigenvalue weighted by Gasteiger charge is -2.28. The van der Waals surface area contributed by atoms with Gasteiger partial charge in [0.05, 0.1) is 18.4 Å². The second kappa shape index (κ2) is 11.9. The van der Waals surface area contributed by atoms with E-state index in [0.717, 1.165) is 28.3 Å². The highest BCUT2D eigenvalue weighted by Crippen LogP contribution is 2.38. The van der Waals surface area contributed by atoms with Crippen molar-refractivity contribution in [2.75, 3.05) is 12.0 Å². The van der Waals surface area contributed by atoms with Gasteiger partial charge < -0.3 is 10.4 Å². The molecule has 3 N–H and O–H groups in total. The third kappa shape index (κ3) is 7.70. The van der Waals surface area contributed by atoms with Crippen LogP contribution >= 0.6 is 11.8 Å². The second-order valence-electron chi connectivity index (χ2n) is 9.90. The average Bonchev–Trinajstić information content (AvgIpc) is 3.10. The summed E-state index contributed by atoms with van der Waals surface area (Å²) in [5.41, 5.74) is 0. The molecule has 1 fully saturated rings. The van der Waals surface area contributed by atoms with Crippen molar-refractivity contribution >= 4 is 38.5 Å². The molecule has 2 aromatic rings. The zero-order chi connectivity index (χ0) is 24.9. The molecule has 8 heteroatoms. The number of thioether (sulfide) groups is 1. The van der Waals surface area contributed by atoms with Crippen LogP contribution in [0.5, 0.6) is 0 Å². The molecule has 1 aliphatic rings. The van der Waals surface area contributed by atoms with Gasteiger partial charge in [-0.2, -0.15) is 0 Å². The zero-order valence-electron chi connectivity index (χ0n) is 20.5. The third-order valence-corrected chi connectivity index (χ3v) is 8.67. The normalized spacial score (nSPS) is 23.5. The summed E-state index contributed by atoms with van der Waals surface area (Å²) in [7, 11) is -3.59. The van der Waals surface area contributed by atoms with Crippen LogP contribution in [0, 0.1) is 17.8 Å². The molecule has 0 saturated heterocycles. The molecule has 2 aromatic carbocycles. The van der Waals surface area contributed by atoms with Crippen molar-refractivity contribution in [3.63, 3.8) is 0 Å². The monoisotopic (exact) mass is 510 g/mol. The molecule has 0 aromatic heterocycles. The number of amides is 1. The van der Waals surface area contributed by atoms with Crippen LogP contribution in [0.3, 0.4) is 0 Å². The van der Waals surface area contributed by atoms with Gasteiger partial charge in [-0.05, 0) is 66.3 Å². The van der Waals surface area contributed by atoms with Crippen LogP contribution in [0.1, 0.15) is 49.3 Å². The maximum absolute atomic E-state index is 13.1. The predicted molar refractivity (Wildman–Crippen MR) is 145 cm³/mol. The fourth-order valence-corrected chi connectivity index (χ4v) is 6.87. The highest BCUT2D eigenvalue weighted by atomic mass is 32.2. The van der Waals surface area contributed by atoms with Crippen LogP contribution in [-0.2, 0) is 14.8 Å². The van der Waals surface area contributed by atoms with E-state index in [-0.39, 0.29) is 8.61 Å². The first-order valence-corrected chi connectivity index (χ1v) is 15.0. The first-order chi connectivity index (χ1) is 16.1. The summed E-state index contributed by atoms with van der Waals surface area (Å²) in [6.07, 6.45) is 3.91. The van der Waals surface area contributed by atoms with Crippen molar-refractivity contribution in [2.45, 2.75) is 69.5 Å². The molecule has 1 saturated carbocycles. The highest BCUT2D eigenvalue weighted by Gasteiger charge is 2.33. The largest absolute Gasteiger partial charge is 0.391 e. The van der Waals surface area contributed by atoms with E-state index < -0.39 is 34.1 Å². The molecule has 0 spiro atoms. The number of benzene rings is 2. The first-order valence-electron chi connectivity index (χ1n) is 12.1. The summed E-state index contributed by atoms with van der Waals surface area (Å²) >= 11 is 1.43. The number of aliphatic hydroxyl groups is 1. The lowest BCUT2D eigenvalue weighted by molar-refractivity contribution is -0.124. The number of carbonyl (C=O) groups is 1. The van der Waals surface area contributed by atoms with Crippen LogP contribution in [0.25, 0.3) is 10.8 Å². The van der Waals surface area contributed by atoms with Crippen molar-refractivity contribution in [3.8, 4) is 0 Å². The number of nitrogens with one attached hydrogen (secondary N) is 2. The summed E-state index contributed by atoms with van der Waals surface area (Å²) in [4.78, 5) is 14.1. The highest BCUT2D eigenvalue weighted by molar-refractivity contribution is 7.99. The SMILES string of the molecule is CC[C@H](NC(=O)[C@@H](CSc1ccc2ccccc2c1)NS(C)(=O)=O)[C@H](O)CC1CC(C)CC1C.[HH].[HH]. The number of fused-ring (bicyclic) bond motifs is 1. The Morgan fingerprint density at radius 3 is 2.50 bits per heavy atom. The molecule has 6 atom stereocenters. The van der Waals surface area contributed by atoms with Crippen LogP contribution in [-0.4, -0.2) is 49.6 Å². The van der Waals surface area contributed by atoms with Gasteiger partial charge in [-0.3, -0.25) is 4.79 Å². The van der Waals surface area contributed by atoms with E-state index in [1.165, 1.54) is 18.2 Å². The summed E-state index contributed by atoms with van der Waals surface area (Å²) in [5, 5.41) is 16.0. The molecular weight excluding hydrogens is 468 g/mol. The quantitative estimate of drug-likeness (QED) is 0.382. The Labute approximate surface area is 211 Å². The van der Waals surface area contributed by atoms with Gasteiger partial charge in [0.2, 0.25) is 15.9 Å². The topological polar surface area (TPSA) is 95.5 Å². The number of hydrogen-bond donors (Lipinski definition) is 3. The van der Waals surface area contributed by atoms with Crippen LogP contribution in [0.4, 0.5) is 0 Å². The Morgan fingerprint density at radius 1 is 1.18 bits per heavy atom. The average molecular weight is 511 g/mol. The van der Waals surface area contributed by atoms with E-state index in [0.29, 0.717) is 30.6 Å². The number of hydrogen-bond acceptors (Lipinski definition) is 5. The Balaban J connectivity index is 0.00000324. The Hall–Kier alpha value is -1.61. The third-order valence-electron chi connectivity index (χ3n) is 6.87. The molecular formula is C26H42N2O4S2. The molecule has 0 aliphatic heterocycles. The lowest BCUT2D eigenvalue weighted by atomic mass is 9.89. The fraction of sp³-hybridized carbons (Fsp3) is 0.577. The molecule has 0 bridgehead atoms. The van der Waals surface area contributed by atoms with Gasteiger partial charge in [0.1, 0.15) is 6.04 Å². The molecule has 3 rings (SSSR count). The summed E-state index contributed by atoms with van der Waals surface area (Å²) < 4.78 is 26.4. The number of sulfonamides is 1. The van der Waals surface area contributed by atoms with E-state index in [2.05, 4.69) is 23.9 Å².